The second kappa shape index (κ2) is 10.8. The second-order valence-electron chi connectivity index (χ2n) is 7.42. The van der Waals surface area contributed by atoms with E-state index in [0.29, 0.717) is 16.5 Å². The van der Waals surface area contributed by atoms with E-state index in [9.17, 15) is 14.9 Å². The maximum atomic E-state index is 12.7. The van der Waals surface area contributed by atoms with Crippen LogP contribution in [0.4, 0.5) is 11.4 Å². The quantitative estimate of drug-likeness (QED) is 0.291. The number of ketones is 1. The molecule has 0 bridgehead atoms. The number of halogens is 2. The molecule has 172 valence electrons. The fourth-order valence-corrected chi connectivity index (χ4v) is 4.21. The van der Waals surface area contributed by atoms with Crippen LogP contribution in [0, 0.1) is 10.1 Å². The fraction of sp³-hybridized carbons (Fsp3) is 0.409. The Morgan fingerprint density at radius 2 is 1.84 bits per heavy atom. The molecule has 1 aliphatic rings. The van der Waals surface area contributed by atoms with E-state index in [0.717, 1.165) is 38.4 Å². The average Bonchev–Trinajstić information content (AvgIpc) is 2.80. The number of benzene rings is 2. The van der Waals surface area contributed by atoms with Gasteiger partial charge >= 0.3 is 5.69 Å². The van der Waals surface area contributed by atoms with Gasteiger partial charge in [0.25, 0.3) is 0 Å². The predicted octanol–water partition coefficient (Wildman–Crippen LogP) is 4.70. The Bertz CT molecular complexity index is 994. The molecule has 0 unspecified atom stereocenters. The standard InChI is InChI=1S/C22H25Cl2N3O5/c1-31-20-14-15(13-18(27(29)30)22(20)32-2)19(28)7-4-8-25-9-11-26(12-10-25)17-6-3-5-16(23)21(17)24/h3,5-6,13-14H,4,7-12H2,1-2H3. The molecule has 0 saturated carbocycles. The second-order valence-corrected chi connectivity index (χ2v) is 8.20. The van der Waals surface area contributed by atoms with Crippen molar-refractivity contribution in [1.29, 1.82) is 0 Å². The van der Waals surface area contributed by atoms with Crippen LogP contribution in [0.5, 0.6) is 11.5 Å². The first-order valence-corrected chi connectivity index (χ1v) is 11.0. The Kier molecular flexibility index (Phi) is 8.17. The SMILES string of the molecule is COc1cc(C(=O)CCCN2CCN(c3cccc(Cl)c3Cl)CC2)cc([N+](=O)[O-])c1OC. The molecule has 1 fully saturated rings. The summed E-state index contributed by atoms with van der Waals surface area (Å²) in [7, 11) is 2.71. The molecule has 0 N–H and O–H groups in total. The van der Waals surface area contributed by atoms with Gasteiger partial charge in [0, 0.05) is 44.2 Å². The Hall–Kier alpha value is -2.55. The molecule has 8 nitrogen and oxygen atoms in total. The van der Waals surface area contributed by atoms with E-state index in [-0.39, 0.29) is 35.0 Å². The van der Waals surface area contributed by atoms with Crippen molar-refractivity contribution in [3.63, 3.8) is 0 Å². The molecule has 1 heterocycles. The van der Waals surface area contributed by atoms with Crippen LogP contribution in [0.15, 0.2) is 30.3 Å². The van der Waals surface area contributed by atoms with E-state index in [1.807, 2.05) is 12.1 Å². The first kappa shape index (κ1) is 24.1. The predicted molar refractivity (Wildman–Crippen MR) is 125 cm³/mol. The fourth-order valence-electron chi connectivity index (χ4n) is 3.80. The molecule has 2 aromatic carbocycles. The largest absolute Gasteiger partial charge is 0.493 e. The zero-order chi connectivity index (χ0) is 23.3. The molecule has 2 aromatic rings. The molecule has 3 rings (SSSR count). The molecule has 32 heavy (non-hydrogen) atoms. The summed E-state index contributed by atoms with van der Waals surface area (Å²) >= 11 is 12.4. The van der Waals surface area contributed by atoms with Crippen LogP contribution in [0.25, 0.3) is 0 Å². The molecule has 0 amide bonds. The minimum absolute atomic E-state index is 0.00623. The lowest BCUT2D eigenvalue weighted by Crippen LogP contribution is -2.46. The summed E-state index contributed by atoms with van der Waals surface area (Å²) < 4.78 is 10.2. The molecular weight excluding hydrogens is 457 g/mol. The third-order valence-electron chi connectivity index (χ3n) is 5.50. The number of carbonyl (C=O) groups excluding carboxylic acids is 1. The molecule has 0 radical (unpaired) electrons. The number of Topliss-reactive ketones (excluding diaryl/α,β-unsaturated/α-hetero) is 1. The van der Waals surface area contributed by atoms with Gasteiger partial charge in [-0.05, 0) is 31.2 Å². The number of rotatable bonds is 9. The minimum atomic E-state index is -0.580. The van der Waals surface area contributed by atoms with Gasteiger partial charge in [-0.2, -0.15) is 0 Å². The average molecular weight is 482 g/mol. The summed E-state index contributed by atoms with van der Waals surface area (Å²) in [6.45, 7) is 4.09. The topological polar surface area (TPSA) is 85.2 Å². The van der Waals surface area contributed by atoms with Gasteiger partial charge in [-0.1, -0.05) is 29.3 Å². The molecule has 1 saturated heterocycles. The first-order valence-electron chi connectivity index (χ1n) is 10.2. The summed E-state index contributed by atoms with van der Waals surface area (Å²) in [6, 6.07) is 8.36. The maximum Gasteiger partial charge on any atom is 0.315 e. The zero-order valence-electron chi connectivity index (χ0n) is 18.0. The smallest absolute Gasteiger partial charge is 0.315 e. The zero-order valence-corrected chi connectivity index (χ0v) is 19.5. The highest BCUT2D eigenvalue weighted by Gasteiger charge is 2.24. The molecular formula is C22H25Cl2N3O5. The van der Waals surface area contributed by atoms with E-state index < -0.39 is 4.92 Å². The van der Waals surface area contributed by atoms with Crippen LogP contribution in [-0.2, 0) is 0 Å². The van der Waals surface area contributed by atoms with Crippen LogP contribution in [0.2, 0.25) is 10.0 Å². The van der Waals surface area contributed by atoms with Gasteiger partial charge in [-0.15, -0.1) is 0 Å². The monoisotopic (exact) mass is 481 g/mol. The number of anilines is 1. The lowest BCUT2D eigenvalue weighted by Gasteiger charge is -2.36. The van der Waals surface area contributed by atoms with E-state index >= 15 is 0 Å². The number of hydrogen-bond donors (Lipinski definition) is 0. The molecule has 10 heteroatoms. The van der Waals surface area contributed by atoms with Crippen LogP contribution < -0.4 is 14.4 Å². The van der Waals surface area contributed by atoms with E-state index in [2.05, 4.69) is 9.80 Å². The van der Waals surface area contributed by atoms with Gasteiger partial charge in [0.1, 0.15) is 0 Å². The number of ether oxygens (including phenoxy) is 2. The van der Waals surface area contributed by atoms with Gasteiger partial charge in [0.05, 0.1) is 34.9 Å². The van der Waals surface area contributed by atoms with Gasteiger partial charge in [-0.25, -0.2) is 0 Å². The van der Waals surface area contributed by atoms with Crippen LogP contribution >= 0.6 is 23.2 Å². The van der Waals surface area contributed by atoms with Gasteiger partial charge in [0.15, 0.2) is 11.5 Å². The first-order chi connectivity index (χ1) is 15.3. The van der Waals surface area contributed by atoms with Gasteiger partial charge in [0.2, 0.25) is 5.75 Å². The molecule has 0 aromatic heterocycles. The van der Waals surface area contributed by atoms with Crippen molar-refractivity contribution < 1.29 is 19.2 Å². The van der Waals surface area contributed by atoms with Crippen molar-refractivity contribution in [2.45, 2.75) is 12.8 Å². The van der Waals surface area contributed by atoms with Crippen LogP contribution in [-0.4, -0.2) is 62.5 Å². The van der Waals surface area contributed by atoms with E-state index in [4.69, 9.17) is 32.7 Å². The van der Waals surface area contributed by atoms with E-state index in [1.54, 1.807) is 6.07 Å². The number of nitro benzene ring substituents is 1. The highest BCUT2D eigenvalue weighted by Crippen LogP contribution is 2.38. The summed E-state index contributed by atoms with van der Waals surface area (Å²) in [5.41, 5.74) is 0.893. The van der Waals surface area contributed by atoms with Crippen molar-refractivity contribution in [3.8, 4) is 11.5 Å². The molecule has 0 spiro atoms. The lowest BCUT2D eigenvalue weighted by atomic mass is 10.0. The normalized spacial score (nSPS) is 14.3. The highest BCUT2D eigenvalue weighted by atomic mass is 35.5. The Morgan fingerprint density at radius 3 is 2.47 bits per heavy atom. The summed E-state index contributed by atoms with van der Waals surface area (Å²) in [6.07, 6.45) is 0.936. The Balaban J connectivity index is 1.54. The van der Waals surface area contributed by atoms with Crippen molar-refractivity contribution >= 4 is 40.4 Å². The van der Waals surface area contributed by atoms with Crippen molar-refractivity contribution in [2.24, 2.45) is 0 Å². The highest BCUT2D eigenvalue weighted by molar-refractivity contribution is 6.43. The number of nitrogens with zero attached hydrogens (tertiary/aromatic N) is 3. The summed E-state index contributed by atoms with van der Waals surface area (Å²) in [5, 5.41) is 12.5. The van der Waals surface area contributed by atoms with E-state index in [1.165, 1.54) is 26.4 Å². The van der Waals surface area contributed by atoms with Crippen LogP contribution in [0.1, 0.15) is 23.2 Å². The molecule has 0 aliphatic carbocycles. The van der Waals surface area contributed by atoms with Crippen molar-refractivity contribution in [3.05, 3.63) is 56.1 Å². The number of nitro groups is 1. The third kappa shape index (κ3) is 5.43. The number of carbonyl (C=O) groups is 1. The summed E-state index contributed by atoms with van der Waals surface area (Å²) in [4.78, 5) is 27.9. The van der Waals surface area contributed by atoms with Crippen molar-refractivity contribution in [1.82, 2.24) is 4.90 Å². The minimum Gasteiger partial charge on any atom is -0.493 e. The Morgan fingerprint density at radius 1 is 1.12 bits per heavy atom. The van der Waals surface area contributed by atoms with Gasteiger partial charge in [-0.3, -0.25) is 19.8 Å². The summed E-state index contributed by atoms with van der Waals surface area (Å²) in [5.74, 6) is 0.00553. The number of hydrogen-bond acceptors (Lipinski definition) is 7. The lowest BCUT2D eigenvalue weighted by molar-refractivity contribution is -0.385. The number of piperazine rings is 1. The third-order valence-corrected chi connectivity index (χ3v) is 6.31. The van der Waals surface area contributed by atoms with Crippen molar-refractivity contribution in [2.75, 3.05) is 51.8 Å². The Labute approximate surface area is 196 Å². The maximum absolute atomic E-state index is 12.7. The molecule has 1 aliphatic heterocycles. The van der Waals surface area contributed by atoms with Crippen LogP contribution in [0.3, 0.4) is 0 Å². The molecule has 0 atom stereocenters. The van der Waals surface area contributed by atoms with Gasteiger partial charge < -0.3 is 14.4 Å². The number of methoxy groups -OCH3 is 2.